The number of hydrogen-bond acceptors (Lipinski definition) is 2. The summed E-state index contributed by atoms with van der Waals surface area (Å²) in [5.74, 6) is -0.346. The first kappa shape index (κ1) is 10.7. The largest absolute Gasteiger partial charge is 0.330 e. The molecule has 1 aromatic rings. The Morgan fingerprint density at radius 2 is 2.00 bits per heavy atom. The number of rotatable bonds is 2. The number of nitrogens with one attached hydrogen (secondary N) is 1. The van der Waals surface area contributed by atoms with Gasteiger partial charge in [0.25, 0.3) is 0 Å². The van der Waals surface area contributed by atoms with Crippen LogP contribution in [0.25, 0.3) is 0 Å². The van der Waals surface area contributed by atoms with Gasteiger partial charge in [0.05, 0.1) is 16.6 Å². The maximum absolute atomic E-state index is 11.6. The van der Waals surface area contributed by atoms with Crippen molar-refractivity contribution < 1.29 is 4.79 Å². The summed E-state index contributed by atoms with van der Waals surface area (Å²) in [7, 11) is 0. The first-order valence-electron chi connectivity index (χ1n) is 4.64. The SMILES string of the molecule is NCCC1C(=O)Nc2c(Cl)ccc(Cl)c21. The lowest BCUT2D eigenvalue weighted by atomic mass is 9.97. The van der Waals surface area contributed by atoms with E-state index in [0.29, 0.717) is 28.7 Å². The van der Waals surface area contributed by atoms with E-state index in [9.17, 15) is 4.79 Å². The summed E-state index contributed by atoms with van der Waals surface area (Å²) in [5, 5.41) is 3.81. The van der Waals surface area contributed by atoms with Gasteiger partial charge in [-0.05, 0) is 25.1 Å². The number of nitrogens with two attached hydrogens (primary N) is 1. The molecule has 0 saturated heterocycles. The molecule has 1 aliphatic heterocycles. The summed E-state index contributed by atoms with van der Waals surface area (Å²) in [6.07, 6.45) is 0.582. The van der Waals surface area contributed by atoms with E-state index in [2.05, 4.69) is 5.32 Å². The summed E-state index contributed by atoms with van der Waals surface area (Å²) in [4.78, 5) is 11.6. The lowest BCUT2D eigenvalue weighted by Gasteiger charge is -2.08. The molecule has 1 aromatic carbocycles. The molecule has 1 unspecified atom stereocenters. The van der Waals surface area contributed by atoms with Crippen LogP contribution in [0.15, 0.2) is 12.1 Å². The van der Waals surface area contributed by atoms with E-state index in [1.165, 1.54) is 0 Å². The topological polar surface area (TPSA) is 55.1 Å². The third kappa shape index (κ3) is 1.71. The molecule has 0 saturated carbocycles. The van der Waals surface area contributed by atoms with E-state index in [0.717, 1.165) is 5.56 Å². The van der Waals surface area contributed by atoms with Crippen molar-refractivity contribution >= 4 is 34.8 Å². The number of fused-ring (bicyclic) bond motifs is 1. The zero-order valence-corrected chi connectivity index (χ0v) is 9.40. The molecule has 3 nitrogen and oxygen atoms in total. The fraction of sp³-hybridized carbons (Fsp3) is 0.300. The Morgan fingerprint density at radius 1 is 1.33 bits per heavy atom. The quantitative estimate of drug-likeness (QED) is 0.840. The Kier molecular flexibility index (Phi) is 2.87. The van der Waals surface area contributed by atoms with Gasteiger partial charge in [-0.1, -0.05) is 23.2 Å². The second-order valence-corrected chi connectivity index (χ2v) is 4.25. The molecule has 0 bridgehead atoms. The van der Waals surface area contributed by atoms with Gasteiger partial charge < -0.3 is 11.1 Å². The molecule has 1 heterocycles. The van der Waals surface area contributed by atoms with Crippen molar-refractivity contribution in [3.63, 3.8) is 0 Å². The van der Waals surface area contributed by atoms with E-state index in [1.807, 2.05) is 0 Å². The number of benzene rings is 1. The van der Waals surface area contributed by atoms with Gasteiger partial charge in [-0.25, -0.2) is 0 Å². The van der Waals surface area contributed by atoms with Crippen LogP contribution in [0, 0.1) is 0 Å². The molecule has 0 aliphatic carbocycles. The summed E-state index contributed by atoms with van der Waals surface area (Å²) in [5.41, 5.74) is 6.87. The van der Waals surface area contributed by atoms with Gasteiger partial charge in [-0.3, -0.25) is 4.79 Å². The molecule has 0 fully saturated rings. The van der Waals surface area contributed by atoms with E-state index in [-0.39, 0.29) is 11.8 Å². The first-order chi connectivity index (χ1) is 7.15. The molecule has 15 heavy (non-hydrogen) atoms. The summed E-state index contributed by atoms with van der Waals surface area (Å²) in [6, 6.07) is 3.38. The lowest BCUT2D eigenvalue weighted by molar-refractivity contribution is -0.117. The second-order valence-electron chi connectivity index (χ2n) is 3.44. The van der Waals surface area contributed by atoms with E-state index in [4.69, 9.17) is 28.9 Å². The van der Waals surface area contributed by atoms with Crippen LogP contribution in [-0.4, -0.2) is 12.5 Å². The molecule has 80 valence electrons. The minimum atomic E-state index is -0.267. The fourth-order valence-corrected chi connectivity index (χ4v) is 2.32. The van der Waals surface area contributed by atoms with Crippen molar-refractivity contribution in [2.45, 2.75) is 12.3 Å². The number of amides is 1. The van der Waals surface area contributed by atoms with Gasteiger partial charge in [0, 0.05) is 10.6 Å². The molecule has 1 amide bonds. The maximum Gasteiger partial charge on any atom is 0.232 e. The van der Waals surface area contributed by atoms with Crippen molar-refractivity contribution in [3.8, 4) is 0 Å². The van der Waals surface area contributed by atoms with Crippen molar-refractivity contribution in [1.29, 1.82) is 0 Å². The van der Waals surface area contributed by atoms with Crippen LogP contribution in [0.2, 0.25) is 10.0 Å². The van der Waals surface area contributed by atoms with Crippen molar-refractivity contribution in [2.75, 3.05) is 11.9 Å². The minimum absolute atomic E-state index is 0.0783. The average molecular weight is 245 g/mol. The monoisotopic (exact) mass is 244 g/mol. The van der Waals surface area contributed by atoms with Gasteiger partial charge in [0.15, 0.2) is 0 Å². The van der Waals surface area contributed by atoms with Crippen LogP contribution in [0.5, 0.6) is 0 Å². The van der Waals surface area contributed by atoms with Crippen molar-refractivity contribution in [2.24, 2.45) is 5.73 Å². The van der Waals surface area contributed by atoms with Crippen molar-refractivity contribution in [1.82, 2.24) is 0 Å². The molecule has 3 N–H and O–H groups in total. The third-order valence-corrected chi connectivity index (χ3v) is 3.15. The Labute approximate surface area is 97.5 Å². The van der Waals surface area contributed by atoms with Gasteiger partial charge in [-0.15, -0.1) is 0 Å². The van der Waals surface area contributed by atoms with E-state index in [1.54, 1.807) is 12.1 Å². The van der Waals surface area contributed by atoms with E-state index < -0.39 is 0 Å². The van der Waals surface area contributed by atoms with Gasteiger partial charge >= 0.3 is 0 Å². The summed E-state index contributed by atoms with van der Waals surface area (Å²) < 4.78 is 0. The minimum Gasteiger partial charge on any atom is -0.330 e. The standard InChI is InChI=1S/C10H10Cl2N2O/c11-6-1-2-7(12)9-8(6)5(3-4-13)10(15)14-9/h1-2,5H,3-4,13H2,(H,14,15). The molecule has 0 radical (unpaired) electrons. The number of anilines is 1. The third-order valence-electron chi connectivity index (χ3n) is 2.51. The zero-order chi connectivity index (χ0) is 11.0. The maximum atomic E-state index is 11.6. The number of carbonyl (C=O) groups excluding carboxylic acids is 1. The molecular weight excluding hydrogens is 235 g/mol. The van der Waals surface area contributed by atoms with Crippen LogP contribution in [0.4, 0.5) is 5.69 Å². The highest BCUT2D eigenvalue weighted by molar-refractivity contribution is 6.37. The Hall–Kier alpha value is -0.770. The van der Waals surface area contributed by atoms with Crippen LogP contribution in [0.1, 0.15) is 17.9 Å². The highest BCUT2D eigenvalue weighted by Gasteiger charge is 2.33. The van der Waals surface area contributed by atoms with Gasteiger partial charge in [0.2, 0.25) is 5.91 Å². The van der Waals surface area contributed by atoms with Crippen LogP contribution in [-0.2, 0) is 4.79 Å². The number of halogens is 2. The molecule has 1 atom stereocenters. The first-order valence-corrected chi connectivity index (χ1v) is 5.39. The molecule has 0 spiro atoms. The number of carbonyl (C=O) groups is 1. The Balaban J connectivity index is 2.52. The average Bonchev–Trinajstić information content (AvgIpc) is 2.53. The Morgan fingerprint density at radius 3 is 2.67 bits per heavy atom. The van der Waals surface area contributed by atoms with Crippen LogP contribution < -0.4 is 11.1 Å². The molecular formula is C10H10Cl2N2O. The molecule has 1 aliphatic rings. The van der Waals surface area contributed by atoms with Gasteiger partial charge in [0.1, 0.15) is 0 Å². The lowest BCUT2D eigenvalue weighted by Crippen LogP contribution is -2.15. The Bertz CT molecular complexity index is 420. The molecule has 2 rings (SSSR count). The molecule has 0 aromatic heterocycles. The highest BCUT2D eigenvalue weighted by Crippen LogP contribution is 2.43. The second kappa shape index (κ2) is 4.00. The summed E-state index contributed by atoms with van der Waals surface area (Å²) >= 11 is 12.0. The van der Waals surface area contributed by atoms with E-state index >= 15 is 0 Å². The smallest absolute Gasteiger partial charge is 0.232 e. The predicted octanol–water partition coefficient (Wildman–Crippen LogP) is 2.38. The summed E-state index contributed by atoms with van der Waals surface area (Å²) in [6.45, 7) is 0.445. The van der Waals surface area contributed by atoms with Crippen molar-refractivity contribution in [3.05, 3.63) is 27.7 Å². The predicted molar refractivity (Wildman–Crippen MR) is 61.5 cm³/mol. The molecule has 5 heteroatoms. The van der Waals surface area contributed by atoms with Gasteiger partial charge in [-0.2, -0.15) is 0 Å². The highest BCUT2D eigenvalue weighted by atomic mass is 35.5. The number of hydrogen-bond donors (Lipinski definition) is 2. The zero-order valence-electron chi connectivity index (χ0n) is 7.89. The normalized spacial score (nSPS) is 18.9. The fourth-order valence-electron chi connectivity index (χ4n) is 1.82. The van der Waals surface area contributed by atoms with Crippen LogP contribution in [0.3, 0.4) is 0 Å². The van der Waals surface area contributed by atoms with Crippen LogP contribution >= 0.6 is 23.2 Å².